The Balaban J connectivity index is 1.30. The predicted octanol–water partition coefficient (Wildman–Crippen LogP) is 5.13. The fourth-order valence-electron chi connectivity index (χ4n) is 4.74. The number of allylic oxidation sites excluding steroid dienone is 1. The molecule has 1 aliphatic carbocycles. The Morgan fingerprint density at radius 3 is 2.45 bits per heavy atom. The number of benzene rings is 2. The van der Waals surface area contributed by atoms with Gasteiger partial charge in [0.25, 0.3) is 0 Å². The van der Waals surface area contributed by atoms with Crippen LogP contribution in [0.25, 0.3) is 17.3 Å². The molecule has 0 bridgehead atoms. The minimum absolute atomic E-state index is 0.246. The molecular formula is C27H29F3N6O2. The van der Waals surface area contributed by atoms with E-state index in [4.69, 9.17) is 16.1 Å². The van der Waals surface area contributed by atoms with Gasteiger partial charge in [-0.2, -0.15) is 0 Å². The van der Waals surface area contributed by atoms with Gasteiger partial charge in [0.05, 0.1) is 0 Å². The second kappa shape index (κ2) is 10.8. The van der Waals surface area contributed by atoms with Crippen molar-refractivity contribution in [3.63, 3.8) is 0 Å². The third-order valence-corrected chi connectivity index (χ3v) is 6.86. The molecule has 0 atom stereocenters. The van der Waals surface area contributed by atoms with E-state index in [1.54, 1.807) is 12.1 Å². The van der Waals surface area contributed by atoms with Gasteiger partial charge in [-0.3, -0.25) is 0 Å². The summed E-state index contributed by atoms with van der Waals surface area (Å²) in [6.45, 7) is 1.74. The van der Waals surface area contributed by atoms with E-state index < -0.39 is 6.36 Å². The van der Waals surface area contributed by atoms with E-state index in [-0.39, 0.29) is 17.2 Å². The van der Waals surface area contributed by atoms with Crippen molar-refractivity contribution in [1.82, 2.24) is 10.7 Å². The lowest BCUT2D eigenvalue weighted by atomic mass is 9.94. The predicted molar refractivity (Wildman–Crippen MR) is 139 cm³/mol. The van der Waals surface area contributed by atoms with Gasteiger partial charge >= 0.3 is 6.36 Å². The summed E-state index contributed by atoms with van der Waals surface area (Å²) in [7, 11) is 0. The zero-order valence-electron chi connectivity index (χ0n) is 20.6. The smallest absolute Gasteiger partial charge is 0.405 e. The van der Waals surface area contributed by atoms with Gasteiger partial charge in [-0.05, 0) is 68.0 Å². The highest BCUT2D eigenvalue weighted by Gasteiger charge is 2.35. The molecule has 1 saturated heterocycles. The molecule has 0 amide bonds. The summed E-state index contributed by atoms with van der Waals surface area (Å²) in [6, 6.07) is 13.9. The van der Waals surface area contributed by atoms with Crippen LogP contribution in [0.1, 0.15) is 48.5 Å². The van der Waals surface area contributed by atoms with Crippen LogP contribution in [0.5, 0.6) is 5.75 Å². The van der Waals surface area contributed by atoms with Gasteiger partial charge < -0.3 is 19.9 Å². The third kappa shape index (κ3) is 5.94. The van der Waals surface area contributed by atoms with Gasteiger partial charge in [-0.25, -0.2) is 11.4 Å². The lowest BCUT2D eigenvalue weighted by Gasteiger charge is -2.32. The molecule has 2 aliphatic rings. The molecule has 1 saturated carbocycles. The first-order valence-corrected chi connectivity index (χ1v) is 12.5. The molecule has 11 heteroatoms. The summed E-state index contributed by atoms with van der Waals surface area (Å²) >= 11 is 0. The maximum atomic E-state index is 13.0. The molecule has 0 unspecified atom stereocenters. The number of rotatable bonds is 8. The van der Waals surface area contributed by atoms with Crippen molar-refractivity contribution in [2.75, 3.05) is 18.0 Å². The van der Waals surface area contributed by atoms with Crippen LogP contribution in [0.3, 0.4) is 0 Å². The van der Waals surface area contributed by atoms with E-state index in [1.807, 2.05) is 30.3 Å². The highest BCUT2D eigenvalue weighted by molar-refractivity contribution is 5.97. The van der Waals surface area contributed by atoms with Gasteiger partial charge in [0.15, 0.2) is 5.84 Å². The Morgan fingerprint density at radius 2 is 1.79 bits per heavy atom. The Kier molecular flexibility index (Phi) is 7.28. The maximum absolute atomic E-state index is 13.0. The number of hydrogen-bond donors (Lipinski definition) is 3. The van der Waals surface area contributed by atoms with E-state index in [0.717, 1.165) is 61.3 Å². The number of nitrogens with one attached hydrogen (secondary N) is 1. The Bertz CT molecular complexity index is 1310. The summed E-state index contributed by atoms with van der Waals surface area (Å²) in [6.07, 6.45) is 3.13. The number of alkyl halides is 3. The zero-order chi connectivity index (χ0) is 26.7. The number of amidine groups is 1. The van der Waals surface area contributed by atoms with Gasteiger partial charge in [-0.15, -0.1) is 18.3 Å². The van der Waals surface area contributed by atoms with Gasteiger partial charge in [0.2, 0.25) is 0 Å². The van der Waals surface area contributed by atoms with Gasteiger partial charge in [0.1, 0.15) is 17.2 Å². The Labute approximate surface area is 218 Å². The number of halogens is 3. The number of piperidine rings is 1. The summed E-state index contributed by atoms with van der Waals surface area (Å²) in [5.74, 6) is 6.50. The number of ether oxygens (including phenoxy) is 1. The average molecular weight is 527 g/mol. The Morgan fingerprint density at radius 1 is 1.08 bits per heavy atom. The molecule has 5 rings (SSSR count). The first-order chi connectivity index (χ1) is 18.3. The molecule has 2 aromatic carbocycles. The van der Waals surface area contributed by atoms with Crippen LogP contribution >= 0.6 is 0 Å². The number of hydrazone groups is 1. The summed E-state index contributed by atoms with van der Waals surface area (Å²) in [5, 5.41) is 7.96. The minimum atomic E-state index is -4.80. The number of hydrogen-bond acceptors (Lipinski definition) is 7. The number of nitrogens with zero attached hydrogens (tertiary/aromatic N) is 3. The van der Waals surface area contributed by atoms with E-state index in [2.05, 4.69) is 31.5 Å². The number of aromatic nitrogens is 1. The molecule has 38 heavy (non-hydrogen) atoms. The topological polar surface area (TPSA) is 115 Å². The SMILES string of the molecule is NN/N=C(\N)c1ccc(N2CCC(/C=C/c3c(-c4ccccc4OC(F)(F)F)noc3C3CC3)CC2)cc1. The van der Waals surface area contributed by atoms with Crippen molar-refractivity contribution in [3.05, 3.63) is 71.5 Å². The highest BCUT2D eigenvalue weighted by atomic mass is 19.4. The Hall–Kier alpha value is -3.99. The van der Waals surface area contributed by atoms with Crippen LogP contribution < -0.4 is 26.7 Å². The normalized spacial score (nSPS) is 17.3. The number of anilines is 1. The lowest BCUT2D eigenvalue weighted by molar-refractivity contribution is -0.274. The third-order valence-electron chi connectivity index (χ3n) is 6.86. The molecule has 5 N–H and O–H groups in total. The second-order valence-electron chi connectivity index (χ2n) is 9.48. The summed E-state index contributed by atoms with van der Waals surface area (Å²) in [5.41, 5.74) is 11.3. The molecule has 8 nitrogen and oxygen atoms in total. The summed E-state index contributed by atoms with van der Waals surface area (Å²) in [4.78, 5) is 2.31. The molecule has 3 aromatic rings. The van der Waals surface area contributed by atoms with Crippen LogP contribution in [0.4, 0.5) is 18.9 Å². The fraction of sp³-hybridized carbons (Fsp3) is 0.333. The van der Waals surface area contributed by atoms with Crippen molar-refractivity contribution in [2.45, 2.75) is 38.0 Å². The minimum Gasteiger partial charge on any atom is -0.405 e. The molecule has 1 aromatic heterocycles. The molecular weight excluding hydrogens is 497 g/mol. The molecule has 200 valence electrons. The molecule has 0 spiro atoms. The highest BCUT2D eigenvalue weighted by Crippen LogP contribution is 2.46. The van der Waals surface area contributed by atoms with Crippen LogP contribution in [-0.2, 0) is 0 Å². The lowest BCUT2D eigenvalue weighted by Crippen LogP contribution is -2.33. The largest absolute Gasteiger partial charge is 0.573 e. The van der Waals surface area contributed by atoms with Gasteiger partial charge in [-0.1, -0.05) is 29.4 Å². The fourth-order valence-corrected chi connectivity index (χ4v) is 4.74. The van der Waals surface area contributed by atoms with Crippen LogP contribution in [-0.4, -0.2) is 30.4 Å². The quantitative estimate of drug-likeness (QED) is 0.161. The standard InChI is InChI=1S/C27H29F3N6O2/c28-27(29,30)37-23-4-2-1-3-21(23)24-22(25(38-34-24)18-6-7-18)12-5-17-13-15-36(16-14-17)20-10-8-19(9-11-20)26(31)33-35-32/h1-5,8-12,17-18,35H,6-7,13-16,32H2,(H2,31,33)/b12-5+. The summed E-state index contributed by atoms with van der Waals surface area (Å²) < 4.78 is 48.9. The van der Waals surface area contributed by atoms with Crippen LogP contribution in [0, 0.1) is 5.92 Å². The maximum Gasteiger partial charge on any atom is 0.573 e. The second-order valence-corrected chi connectivity index (χ2v) is 9.48. The molecule has 1 aliphatic heterocycles. The van der Waals surface area contributed by atoms with Crippen molar-refractivity contribution < 1.29 is 22.4 Å². The number of nitrogens with two attached hydrogens (primary N) is 2. The molecule has 2 heterocycles. The van der Waals surface area contributed by atoms with Crippen molar-refractivity contribution in [1.29, 1.82) is 0 Å². The first-order valence-electron chi connectivity index (χ1n) is 12.5. The van der Waals surface area contributed by atoms with Crippen LogP contribution in [0.2, 0.25) is 0 Å². The molecule has 0 radical (unpaired) electrons. The van der Waals surface area contributed by atoms with Gasteiger partial charge in [0, 0.05) is 41.4 Å². The van der Waals surface area contributed by atoms with Crippen molar-refractivity contribution >= 4 is 17.6 Å². The van der Waals surface area contributed by atoms with Crippen molar-refractivity contribution in [2.24, 2.45) is 22.6 Å². The van der Waals surface area contributed by atoms with E-state index in [0.29, 0.717) is 17.4 Å². The molecule has 2 fully saturated rings. The first kappa shape index (κ1) is 25.7. The van der Waals surface area contributed by atoms with E-state index in [9.17, 15) is 13.2 Å². The van der Waals surface area contributed by atoms with E-state index in [1.165, 1.54) is 12.1 Å². The zero-order valence-corrected chi connectivity index (χ0v) is 20.6. The monoisotopic (exact) mass is 526 g/mol. The van der Waals surface area contributed by atoms with Crippen molar-refractivity contribution in [3.8, 4) is 17.0 Å². The van der Waals surface area contributed by atoms with E-state index >= 15 is 0 Å². The van der Waals surface area contributed by atoms with Crippen LogP contribution in [0.15, 0.2) is 64.2 Å². The number of hydrazine groups is 1. The number of para-hydroxylation sites is 1. The average Bonchev–Trinajstić information content (AvgIpc) is 3.67.